The molecule has 1 aliphatic rings. The van der Waals surface area contributed by atoms with Crippen molar-refractivity contribution in [2.24, 2.45) is 0 Å². The summed E-state index contributed by atoms with van der Waals surface area (Å²) < 4.78 is 34.2. The molecule has 0 bridgehead atoms. The number of alkyl halides is 2. The molecule has 2 rings (SSSR count). The van der Waals surface area contributed by atoms with E-state index in [4.69, 9.17) is 4.74 Å². The first-order chi connectivity index (χ1) is 8.70. The van der Waals surface area contributed by atoms with Gasteiger partial charge in [0.15, 0.2) is 0 Å². The van der Waals surface area contributed by atoms with Gasteiger partial charge >= 0.3 is 6.61 Å². The topological polar surface area (TPSA) is 30.5 Å². The third-order valence-electron chi connectivity index (χ3n) is 2.72. The average Bonchev–Trinajstić information content (AvgIpc) is 2.83. The number of likely N-dealkylation sites (N-methyl/N-ethyl adjacent to an activating group) is 1. The van der Waals surface area contributed by atoms with Crippen LogP contribution in [0.25, 0.3) is 0 Å². The summed E-state index contributed by atoms with van der Waals surface area (Å²) in [5.41, 5.74) is 0.837. The normalized spacial score (nSPS) is 16.3. The van der Waals surface area contributed by atoms with Crippen LogP contribution in [0.3, 0.4) is 0 Å². The Hall–Kier alpha value is -1.62. The fourth-order valence-corrected chi connectivity index (χ4v) is 1.98. The molecule has 1 aliphatic heterocycles. The SMILES string of the molecule is CNC(C1=CCCO1)c1cccc(OC(F)F)c1. The molecule has 18 heavy (non-hydrogen) atoms. The maximum absolute atomic E-state index is 12.2. The number of nitrogens with one attached hydrogen (secondary N) is 1. The molecule has 1 heterocycles. The summed E-state index contributed by atoms with van der Waals surface area (Å²) >= 11 is 0. The molecule has 0 saturated heterocycles. The Balaban J connectivity index is 2.20. The van der Waals surface area contributed by atoms with Crippen LogP contribution in [0.15, 0.2) is 36.1 Å². The predicted octanol–water partition coefficient (Wildman–Crippen LogP) is 2.85. The van der Waals surface area contributed by atoms with Crippen molar-refractivity contribution in [3.8, 4) is 5.75 Å². The molecule has 0 saturated carbocycles. The highest BCUT2D eigenvalue weighted by Crippen LogP contribution is 2.28. The van der Waals surface area contributed by atoms with Gasteiger partial charge in [-0.3, -0.25) is 0 Å². The van der Waals surface area contributed by atoms with Crippen LogP contribution in [0, 0.1) is 0 Å². The Morgan fingerprint density at radius 2 is 2.22 bits per heavy atom. The third kappa shape index (κ3) is 2.98. The van der Waals surface area contributed by atoms with Gasteiger partial charge in [0.1, 0.15) is 11.5 Å². The number of halogens is 2. The smallest absolute Gasteiger partial charge is 0.387 e. The molecule has 0 radical (unpaired) electrons. The van der Waals surface area contributed by atoms with Gasteiger partial charge in [-0.15, -0.1) is 0 Å². The maximum atomic E-state index is 12.2. The largest absolute Gasteiger partial charge is 0.496 e. The summed E-state index contributed by atoms with van der Waals surface area (Å²) in [4.78, 5) is 0. The molecule has 0 fully saturated rings. The van der Waals surface area contributed by atoms with Gasteiger partial charge in [0, 0.05) is 6.42 Å². The molecule has 0 spiro atoms. The molecule has 3 nitrogen and oxygen atoms in total. The number of ether oxygens (including phenoxy) is 2. The number of benzene rings is 1. The number of rotatable bonds is 5. The monoisotopic (exact) mass is 255 g/mol. The fraction of sp³-hybridized carbons (Fsp3) is 0.385. The minimum absolute atomic E-state index is 0.131. The van der Waals surface area contributed by atoms with Crippen molar-refractivity contribution in [2.45, 2.75) is 19.1 Å². The van der Waals surface area contributed by atoms with Crippen molar-refractivity contribution in [3.63, 3.8) is 0 Å². The average molecular weight is 255 g/mol. The lowest BCUT2D eigenvalue weighted by molar-refractivity contribution is -0.0499. The van der Waals surface area contributed by atoms with Crippen LogP contribution in [-0.2, 0) is 4.74 Å². The molecule has 5 heteroatoms. The Kier molecular flexibility index (Phi) is 4.15. The lowest BCUT2D eigenvalue weighted by atomic mass is 10.0. The lowest BCUT2D eigenvalue weighted by Gasteiger charge is -2.18. The van der Waals surface area contributed by atoms with Crippen molar-refractivity contribution < 1.29 is 18.3 Å². The van der Waals surface area contributed by atoms with E-state index in [-0.39, 0.29) is 11.8 Å². The van der Waals surface area contributed by atoms with Gasteiger partial charge in [-0.1, -0.05) is 12.1 Å². The molecule has 1 N–H and O–H groups in total. The minimum atomic E-state index is -2.81. The van der Waals surface area contributed by atoms with Gasteiger partial charge in [-0.05, 0) is 30.8 Å². The van der Waals surface area contributed by atoms with E-state index in [0.717, 1.165) is 17.7 Å². The van der Waals surface area contributed by atoms with E-state index < -0.39 is 6.61 Å². The van der Waals surface area contributed by atoms with Crippen LogP contribution in [0.5, 0.6) is 5.75 Å². The molecular formula is C13H15F2NO2. The molecule has 0 aliphatic carbocycles. The van der Waals surface area contributed by atoms with Crippen molar-refractivity contribution in [3.05, 3.63) is 41.7 Å². The van der Waals surface area contributed by atoms with Crippen LogP contribution in [-0.4, -0.2) is 20.3 Å². The van der Waals surface area contributed by atoms with E-state index >= 15 is 0 Å². The highest BCUT2D eigenvalue weighted by molar-refractivity contribution is 5.34. The zero-order valence-corrected chi connectivity index (χ0v) is 10.0. The quantitative estimate of drug-likeness (QED) is 0.877. The predicted molar refractivity (Wildman–Crippen MR) is 63.5 cm³/mol. The molecular weight excluding hydrogens is 240 g/mol. The summed E-state index contributed by atoms with van der Waals surface area (Å²) in [5.74, 6) is 0.980. The van der Waals surface area contributed by atoms with Crippen LogP contribution in [0.2, 0.25) is 0 Å². The third-order valence-corrected chi connectivity index (χ3v) is 2.72. The van der Waals surface area contributed by atoms with E-state index in [1.165, 1.54) is 6.07 Å². The lowest BCUT2D eigenvalue weighted by Crippen LogP contribution is -2.19. The summed E-state index contributed by atoms with van der Waals surface area (Å²) in [5, 5.41) is 3.10. The van der Waals surface area contributed by atoms with E-state index in [1.807, 2.05) is 12.1 Å². The van der Waals surface area contributed by atoms with Gasteiger partial charge in [0.2, 0.25) is 0 Å². The van der Waals surface area contributed by atoms with Gasteiger partial charge in [0.25, 0.3) is 0 Å². The van der Waals surface area contributed by atoms with Crippen molar-refractivity contribution in [1.82, 2.24) is 5.32 Å². The summed E-state index contributed by atoms with van der Waals surface area (Å²) in [6, 6.07) is 6.51. The van der Waals surface area contributed by atoms with Gasteiger partial charge in [0.05, 0.1) is 12.6 Å². The number of hydrogen-bond acceptors (Lipinski definition) is 3. The summed E-state index contributed by atoms with van der Waals surface area (Å²) in [6.07, 6.45) is 2.88. The van der Waals surface area contributed by atoms with E-state index in [9.17, 15) is 8.78 Å². The second-order valence-corrected chi connectivity index (χ2v) is 3.92. The highest BCUT2D eigenvalue weighted by Gasteiger charge is 2.19. The van der Waals surface area contributed by atoms with Crippen LogP contribution < -0.4 is 10.1 Å². The van der Waals surface area contributed by atoms with Crippen molar-refractivity contribution >= 4 is 0 Å². The maximum Gasteiger partial charge on any atom is 0.387 e. The van der Waals surface area contributed by atoms with Crippen molar-refractivity contribution in [1.29, 1.82) is 0 Å². The first kappa shape index (κ1) is 12.8. The van der Waals surface area contributed by atoms with E-state index in [2.05, 4.69) is 10.1 Å². The Morgan fingerprint density at radius 1 is 1.39 bits per heavy atom. The molecule has 1 unspecified atom stereocenters. The second kappa shape index (κ2) is 5.82. The molecule has 1 aromatic rings. The standard InChI is InChI=1S/C13H15F2NO2/c1-16-12(11-6-3-7-17-11)9-4-2-5-10(8-9)18-13(14)15/h2,4-6,8,12-13,16H,3,7H2,1H3. The van der Waals surface area contributed by atoms with Gasteiger partial charge < -0.3 is 14.8 Å². The zero-order chi connectivity index (χ0) is 13.0. The Morgan fingerprint density at radius 3 is 2.83 bits per heavy atom. The van der Waals surface area contributed by atoms with Crippen LogP contribution in [0.1, 0.15) is 18.0 Å². The summed E-state index contributed by atoms with van der Waals surface area (Å²) in [6.45, 7) is -2.14. The van der Waals surface area contributed by atoms with Gasteiger partial charge in [-0.2, -0.15) is 8.78 Å². The second-order valence-electron chi connectivity index (χ2n) is 3.92. The van der Waals surface area contributed by atoms with Gasteiger partial charge in [-0.25, -0.2) is 0 Å². The molecule has 0 amide bonds. The van der Waals surface area contributed by atoms with Crippen LogP contribution >= 0.6 is 0 Å². The first-order valence-electron chi connectivity index (χ1n) is 5.75. The minimum Gasteiger partial charge on any atom is -0.496 e. The molecule has 1 atom stereocenters. The summed E-state index contributed by atoms with van der Waals surface area (Å²) in [7, 11) is 1.80. The Bertz CT molecular complexity index is 435. The van der Waals surface area contributed by atoms with Crippen LogP contribution in [0.4, 0.5) is 8.78 Å². The number of hydrogen-bond donors (Lipinski definition) is 1. The fourth-order valence-electron chi connectivity index (χ4n) is 1.98. The molecule has 1 aromatic carbocycles. The van der Waals surface area contributed by atoms with Crippen molar-refractivity contribution in [2.75, 3.05) is 13.7 Å². The highest BCUT2D eigenvalue weighted by atomic mass is 19.3. The molecule has 0 aromatic heterocycles. The molecule has 98 valence electrons. The first-order valence-corrected chi connectivity index (χ1v) is 5.75. The zero-order valence-electron chi connectivity index (χ0n) is 10.0. The van der Waals surface area contributed by atoms with E-state index in [1.54, 1.807) is 19.2 Å². The van der Waals surface area contributed by atoms with E-state index in [0.29, 0.717) is 6.61 Å². The Labute approximate surface area is 104 Å².